The van der Waals surface area contributed by atoms with Crippen LogP contribution in [0.4, 0.5) is 0 Å². The maximum atomic E-state index is 11.2. The molecule has 134 valence electrons. The van der Waals surface area contributed by atoms with Crippen molar-refractivity contribution in [3.05, 3.63) is 34.9 Å². The largest absolute Gasteiger partial charge is 0.478 e. The smallest absolute Gasteiger partial charge is 0.336 e. The molecule has 4 nitrogen and oxygen atoms in total. The fourth-order valence-corrected chi connectivity index (χ4v) is 2.93. The van der Waals surface area contributed by atoms with Crippen LogP contribution < -0.4 is 0 Å². The first-order chi connectivity index (χ1) is 11.6. The summed E-state index contributed by atoms with van der Waals surface area (Å²) in [5.74, 6) is -2.38. The molecule has 0 amide bonds. The van der Waals surface area contributed by atoms with Gasteiger partial charge >= 0.3 is 11.9 Å². The number of carboxylic acids is 2. The van der Waals surface area contributed by atoms with Crippen LogP contribution in [0.2, 0.25) is 0 Å². The number of aryl methyl sites for hydroxylation is 1. The summed E-state index contributed by atoms with van der Waals surface area (Å²) in [5, 5.41) is 18.1. The molecule has 1 aromatic carbocycles. The Kier molecular flexibility index (Phi) is 9.81. The van der Waals surface area contributed by atoms with Crippen molar-refractivity contribution in [2.24, 2.45) is 0 Å². The summed E-state index contributed by atoms with van der Waals surface area (Å²) < 4.78 is 0. The molecule has 0 saturated heterocycles. The van der Waals surface area contributed by atoms with Crippen molar-refractivity contribution in [1.29, 1.82) is 0 Å². The Labute approximate surface area is 144 Å². The highest BCUT2D eigenvalue weighted by molar-refractivity contribution is 6.01. The van der Waals surface area contributed by atoms with E-state index in [2.05, 4.69) is 6.92 Å². The van der Waals surface area contributed by atoms with Crippen molar-refractivity contribution in [2.45, 2.75) is 77.6 Å². The molecule has 24 heavy (non-hydrogen) atoms. The average molecular weight is 334 g/mol. The van der Waals surface area contributed by atoms with Crippen molar-refractivity contribution >= 4 is 11.9 Å². The molecule has 4 heteroatoms. The number of carbonyl (C=O) groups is 2. The zero-order valence-electron chi connectivity index (χ0n) is 14.7. The van der Waals surface area contributed by atoms with Gasteiger partial charge < -0.3 is 10.2 Å². The molecule has 1 aromatic rings. The summed E-state index contributed by atoms with van der Waals surface area (Å²) in [7, 11) is 0. The Morgan fingerprint density at radius 1 is 0.750 bits per heavy atom. The Balaban J connectivity index is 2.25. The number of unbranched alkanes of at least 4 members (excludes halogenated alkanes) is 9. The van der Waals surface area contributed by atoms with Crippen LogP contribution >= 0.6 is 0 Å². The first kappa shape index (κ1) is 20.2. The zero-order valence-corrected chi connectivity index (χ0v) is 14.7. The molecular weight excluding hydrogens is 304 g/mol. The predicted molar refractivity (Wildman–Crippen MR) is 95.9 cm³/mol. The van der Waals surface area contributed by atoms with Gasteiger partial charge in [0.25, 0.3) is 0 Å². The number of carboxylic acid groups (broad SMARTS) is 2. The van der Waals surface area contributed by atoms with E-state index in [0.717, 1.165) is 24.8 Å². The molecule has 0 aliphatic rings. The van der Waals surface area contributed by atoms with Gasteiger partial charge in [0.1, 0.15) is 0 Å². The third kappa shape index (κ3) is 7.62. The van der Waals surface area contributed by atoms with Crippen molar-refractivity contribution in [2.75, 3.05) is 0 Å². The molecule has 0 aromatic heterocycles. The molecule has 1 rings (SSSR count). The van der Waals surface area contributed by atoms with E-state index in [4.69, 9.17) is 10.2 Å². The number of hydrogen-bond donors (Lipinski definition) is 2. The van der Waals surface area contributed by atoms with E-state index in [1.807, 2.05) is 0 Å². The summed E-state index contributed by atoms with van der Waals surface area (Å²) in [6.45, 7) is 2.23. The fraction of sp³-hybridized carbons (Fsp3) is 0.600. The Bertz CT molecular complexity index is 522. The molecule has 2 N–H and O–H groups in total. The zero-order chi connectivity index (χ0) is 17.8. The topological polar surface area (TPSA) is 74.6 Å². The molecule has 0 atom stereocenters. The lowest BCUT2D eigenvalue weighted by molar-refractivity contribution is 0.0651. The summed E-state index contributed by atoms with van der Waals surface area (Å²) in [4.78, 5) is 22.2. The highest BCUT2D eigenvalue weighted by atomic mass is 16.4. The summed E-state index contributed by atoms with van der Waals surface area (Å²) >= 11 is 0. The minimum absolute atomic E-state index is 0.118. The second-order valence-corrected chi connectivity index (χ2v) is 6.42. The first-order valence-electron chi connectivity index (χ1n) is 9.15. The number of rotatable bonds is 13. The van der Waals surface area contributed by atoms with Gasteiger partial charge in [0.15, 0.2) is 0 Å². The number of aromatic carboxylic acids is 2. The lowest BCUT2D eigenvalue weighted by Crippen LogP contribution is -2.08. The SMILES string of the molecule is CCCCCCCCCCCCc1ccc(C(=O)O)c(C(=O)O)c1. The van der Waals surface area contributed by atoms with Gasteiger partial charge in [-0.3, -0.25) is 0 Å². The summed E-state index contributed by atoms with van der Waals surface area (Å²) in [6.07, 6.45) is 13.4. The van der Waals surface area contributed by atoms with Crippen molar-refractivity contribution in [3.8, 4) is 0 Å². The van der Waals surface area contributed by atoms with Crippen LogP contribution in [0, 0.1) is 0 Å². The van der Waals surface area contributed by atoms with Crippen LogP contribution in [-0.4, -0.2) is 22.2 Å². The van der Waals surface area contributed by atoms with Gasteiger partial charge in [-0.15, -0.1) is 0 Å². The van der Waals surface area contributed by atoms with E-state index in [1.165, 1.54) is 63.5 Å². The molecule has 0 saturated carbocycles. The maximum Gasteiger partial charge on any atom is 0.336 e. The minimum Gasteiger partial charge on any atom is -0.478 e. The van der Waals surface area contributed by atoms with E-state index in [9.17, 15) is 9.59 Å². The van der Waals surface area contributed by atoms with Gasteiger partial charge in [0, 0.05) is 0 Å². The third-order valence-electron chi connectivity index (χ3n) is 4.36. The lowest BCUT2D eigenvalue weighted by atomic mass is 9.99. The minimum atomic E-state index is -1.20. The second-order valence-electron chi connectivity index (χ2n) is 6.42. The molecule has 0 unspecified atom stereocenters. The molecule has 0 radical (unpaired) electrons. The van der Waals surface area contributed by atoms with Gasteiger partial charge in [-0.25, -0.2) is 9.59 Å². The van der Waals surface area contributed by atoms with Gasteiger partial charge in [-0.05, 0) is 30.5 Å². The van der Waals surface area contributed by atoms with E-state index < -0.39 is 11.9 Å². The Hall–Kier alpha value is -1.84. The van der Waals surface area contributed by atoms with Crippen LogP contribution in [0.15, 0.2) is 18.2 Å². The van der Waals surface area contributed by atoms with Crippen LogP contribution in [0.5, 0.6) is 0 Å². The van der Waals surface area contributed by atoms with Crippen molar-refractivity contribution in [3.63, 3.8) is 0 Å². The van der Waals surface area contributed by atoms with Crippen LogP contribution in [0.3, 0.4) is 0 Å². The second kappa shape index (κ2) is 11.7. The molecular formula is C20H30O4. The molecule has 0 bridgehead atoms. The molecule has 0 spiro atoms. The fourth-order valence-electron chi connectivity index (χ4n) is 2.93. The standard InChI is InChI=1S/C20H30O4/c1-2-3-4-5-6-7-8-9-10-11-12-16-13-14-17(19(21)22)18(15-16)20(23)24/h13-15H,2-12H2,1H3,(H,21,22)(H,23,24). The van der Waals surface area contributed by atoms with E-state index in [-0.39, 0.29) is 11.1 Å². The Morgan fingerprint density at radius 3 is 1.75 bits per heavy atom. The summed E-state index contributed by atoms with van der Waals surface area (Å²) in [5.41, 5.74) is 0.637. The van der Waals surface area contributed by atoms with E-state index >= 15 is 0 Å². The van der Waals surface area contributed by atoms with Crippen molar-refractivity contribution in [1.82, 2.24) is 0 Å². The predicted octanol–water partition coefficient (Wildman–Crippen LogP) is 5.55. The number of hydrogen-bond acceptors (Lipinski definition) is 2. The monoisotopic (exact) mass is 334 g/mol. The van der Waals surface area contributed by atoms with Gasteiger partial charge in [-0.2, -0.15) is 0 Å². The van der Waals surface area contributed by atoms with Gasteiger partial charge in [0.2, 0.25) is 0 Å². The molecule has 0 heterocycles. The quantitative estimate of drug-likeness (QED) is 0.464. The maximum absolute atomic E-state index is 11.2. The van der Waals surface area contributed by atoms with Crippen LogP contribution in [-0.2, 0) is 6.42 Å². The normalized spacial score (nSPS) is 10.7. The molecule has 0 aliphatic heterocycles. The van der Waals surface area contributed by atoms with E-state index in [0.29, 0.717) is 0 Å². The average Bonchev–Trinajstić information content (AvgIpc) is 2.56. The first-order valence-corrected chi connectivity index (χ1v) is 9.15. The highest BCUT2D eigenvalue weighted by Crippen LogP contribution is 2.16. The van der Waals surface area contributed by atoms with E-state index in [1.54, 1.807) is 6.07 Å². The van der Waals surface area contributed by atoms with Gasteiger partial charge in [-0.1, -0.05) is 70.8 Å². The van der Waals surface area contributed by atoms with Crippen LogP contribution in [0.1, 0.15) is 97.4 Å². The highest BCUT2D eigenvalue weighted by Gasteiger charge is 2.16. The van der Waals surface area contributed by atoms with Gasteiger partial charge in [0.05, 0.1) is 11.1 Å². The summed E-state index contributed by atoms with van der Waals surface area (Å²) in [6, 6.07) is 4.63. The third-order valence-corrected chi connectivity index (χ3v) is 4.36. The lowest BCUT2D eigenvalue weighted by Gasteiger charge is -2.06. The molecule has 0 fully saturated rings. The van der Waals surface area contributed by atoms with Crippen LogP contribution in [0.25, 0.3) is 0 Å². The molecule has 0 aliphatic carbocycles. The number of benzene rings is 1. The van der Waals surface area contributed by atoms with Crippen molar-refractivity contribution < 1.29 is 19.8 Å². The Morgan fingerprint density at radius 2 is 1.25 bits per heavy atom.